The zero-order chi connectivity index (χ0) is 13.9. The van der Waals surface area contributed by atoms with Gasteiger partial charge in [0.2, 0.25) is 0 Å². The average Bonchev–Trinajstić information content (AvgIpc) is 2.28. The van der Waals surface area contributed by atoms with E-state index >= 15 is 0 Å². The lowest BCUT2D eigenvalue weighted by molar-refractivity contribution is -0.141. The van der Waals surface area contributed by atoms with Crippen molar-refractivity contribution < 1.29 is 19.8 Å². The number of carbonyl (C=O) groups is 2. The third-order valence-electron chi connectivity index (χ3n) is 2.22. The molecule has 0 aromatic heterocycles. The van der Waals surface area contributed by atoms with E-state index in [1.807, 2.05) is 0 Å². The molecular formula is C11H11Cl2NO4. The van der Waals surface area contributed by atoms with Crippen molar-refractivity contribution in [1.29, 1.82) is 0 Å². The van der Waals surface area contributed by atoms with Crippen LogP contribution in [0.1, 0.15) is 17.3 Å². The Morgan fingerprint density at radius 3 is 2.33 bits per heavy atom. The summed E-state index contributed by atoms with van der Waals surface area (Å²) >= 11 is 11.4. The highest BCUT2D eigenvalue weighted by Gasteiger charge is 2.25. The molecule has 1 aromatic carbocycles. The molecule has 0 radical (unpaired) electrons. The molecule has 1 amide bonds. The number of nitrogens with one attached hydrogen (secondary N) is 1. The second-order valence-corrected chi connectivity index (χ2v) is 4.47. The van der Waals surface area contributed by atoms with Crippen LogP contribution in [0.4, 0.5) is 0 Å². The first-order chi connectivity index (χ1) is 8.32. The van der Waals surface area contributed by atoms with Gasteiger partial charge in [-0.25, -0.2) is 4.79 Å². The molecule has 7 heteroatoms. The van der Waals surface area contributed by atoms with Gasteiger partial charge in [0.25, 0.3) is 5.91 Å². The van der Waals surface area contributed by atoms with E-state index in [-0.39, 0.29) is 10.6 Å². The maximum atomic E-state index is 11.7. The van der Waals surface area contributed by atoms with Crippen molar-refractivity contribution in [3.05, 3.63) is 33.8 Å². The number of carboxylic acid groups (broad SMARTS) is 1. The van der Waals surface area contributed by atoms with E-state index in [2.05, 4.69) is 5.32 Å². The minimum Gasteiger partial charge on any atom is -0.480 e. The summed E-state index contributed by atoms with van der Waals surface area (Å²) in [5.74, 6) is -1.97. The van der Waals surface area contributed by atoms with Crippen molar-refractivity contribution in [2.24, 2.45) is 0 Å². The molecule has 0 aliphatic carbocycles. The summed E-state index contributed by atoms with van der Waals surface area (Å²) in [4.78, 5) is 22.5. The number of amides is 1. The van der Waals surface area contributed by atoms with E-state index in [0.29, 0.717) is 5.02 Å². The van der Waals surface area contributed by atoms with Gasteiger partial charge in [-0.2, -0.15) is 0 Å². The molecule has 0 heterocycles. The fraction of sp³-hybridized carbons (Fsp3) is 0.273. The van der Waals surface area contributed by atoms with Gasteiger partial charge in [-0.15, -0.1) is 0 Å². The molecule has 1 rings (SSSR count). The Labute approximate surface area is 113 Å². The number of rotatable bonds is 4. The molecule has 2 atom stereocenters. The van der Waals surface area contributed by atoms with Crippen molar-refractivity contribution in [3.63, 3.8) is 0 Å². The predicted molar refractivity (Wildman–Crippen MR) is 67.0 cm³/mol. The largest absolute Gasteiger partial charge is 0.480 e. The fourth-order valence-corrected chi connectivity index (χ4v) is 1.55. The number of hydrogen-bond donors (Lipinski definition) is 3. The van der Waals surface area contributed by atoms with Crippen molar-refractivity contribution in [2.75, 3.05) is 0 Å². The number of benzene rings is 1. The number of halogens is 2. The van der Waals surface area contributed by atoms with Crippen LogP contribution in [-0.2, 0) is 4.79 Å². The summed E-state index contributed by atoms with van der Waals surface area (Å²) in [6, 6.07) is 2.77. The molecule has 0 spiro atoms. The number of carbonyl (C=O) groups excluding carboxylic acids is 1. The van der Waals surface area contributed by atoms with Crippen molar-refractivity contribution in [1.82, 2.24) is 5.32 Å². The monoisotopic (exact) mass is 291 g/mol. The molecule has 0 fully saturated rings. The lowest BCUT2D eigenvalue weighted by Crippen LogP contribution is -2.47. The lowest BCUT2D eigenvalue weighted by atomic mass is 10.1. The quantitative estimate of drug-likeness (QED) is 0.786. The summed E-state index contributed by atoms with van der Waals surface area (Å²) < 4.78 is 0. The Kier molecular flexibility index (Phi) is 4.95. The molecule has 0 aliphatic rings. The van der Waals surface area contributed by atoms with Gasteiger partial charge >= 0.3 is 5.97 Å². The molecule has 1 aromatic rings. The first kappa shape index (κ1) is 14.8. The van der Waals surface area contributed by atoms with Gasteiger partial charge in [-0.1, -0.05) is 23.2 Å². The van der Waals surface area contributed by atoms with Crippen molar-refractivity contribution in [2.45, 2.75) is 19.1 Å². The number of hydrogen-bond acceptors (Lipinski definition) is 3. The van der Waals surface area contributed by atoms with Crippen LogP contribution in [0.2, 0.25) is 10.0 Å². The van der Waals surface area contributed by atoms with Crippen LogP contribution >= 0.6 is 23.2 Å². The summed E-state index contributed by atoms with van der Waals surface area (Å²) in [6.45, 7) is 1.27. The normalized spacial score (nSPS) is 13.8. The molecule has 0 unspecified atom stereocenters. The van der Waals surface area contributed by atoms with Crippen LogP contribution in [0, 0.1) is 0 Å². The van der Waals surface area contributed by atoms with E-state index in [0.717, 1.165) is 0 Å². The van der Waals surface area contributed by atoms with Crippen LogP contribution in [0.3, 0.4) is 0 Å². The number of carboxylic acids is 1. The Bertz CT molecular complexity index is 476. The fourth-order valence-electron chi connectivity index (χ4n) is 1.25. The van der Waals surface area contributed by atoms with E-state index in [1.54, 1.807) is 0 Å². The van der Waals surface area contributed by atoms with Gasteiger partial charge in [0.15, 0.2) is 6.04 Å². The van der Waals surface area contributed by atoms with E-state index in [4.69, 9.17) is 28.3 Å². The Morgan fingerprint density at radius 2 is 1.89 bits per heavy atom. The van der Waals surface area contributed by atoms with E-state index in [9.17, 15) is 14.7 Å². The molecule has 0 bridgehead atoms. The molecule has 18 heavy (non-hydrogen) atoms. The van der Waals surface area contributed by atoms with Crippen LogP contribution in [0.5, 0.6) is 0 Å². The summed E-state index contributed by atoms with van der Waals surface area (Å²) in [6.07, 6.45) is -1.21. The highest BCUT2D eigenvalue weighted by atomic mass is 35.5. The minimum absolute atomic E-state index is 0.163. The maximum absolute atomic E-state index is 11.7. The zero-order valence-electron chi connectivity index (χ0n) is 9.35. The third kappa shape index (κ3) is 3.60. The SMILES string of the molecule is C[C@@H](O)[C@H](NC(=O)c1ccc(Cl)c(Cl)c1)C(=O)O. The topological polar surface area (TPSA) is 86.6 Å². The number of aliphatic carboxylic acids is 1. The summed E-state index contributed by atoms with van der Waals surface area (Å²) in [7, 11) is 0. The molecule has 98 valence electrons. The first-order valence-corrected chi connectivity index (χ1v) is 5.75. The lowest BCUT2D eigenvalue weighted by Gasteiger charge is -2.17. The second kappa shape index (κ2) is 6.04. The molecule has 5 nitrogen and oxygen atoms in total. The third-order valence-corrected chi connectivity index (χ3v) is 2.96. The molecular weight excluding hydrogens is 281 g/mol. The Morgan fingerprint density at radius 1 is 1.28 bits per heavy atom. The zero-order valence-corrected chi connectivity index (χ0v) is 10.9. The number of aliphatic hydroxyl groups excluding tert-OH is 1. The van der Waals surface area contributed by atoms with Gasteiger partial charge in [-0.3, -0.25) is 4.79 Å². The van der Waals surface area contributed by atoms with Crippen LogP contribution in [0.15, 0.2) is 18.2 Å². The van der Waals surface area contributed by atoms with Gasteiger partial charge in [0.1, 0.15) is 0 Å². The first-order valence-electron chi connectivity index (χ1n) is 4.99. The van der Waals surface area contributed by atoms with Gasteiger partial charge in [-0.05, 0) is 25.1 Å². The smallest absolute Gasteiger partial charge is 0.328 e. The van der Waals surface area contributed by atoms with E-state index < -0.39 is 24.0 Å². The van der Waals surface area contributed by atoms with Crippen molar-refractivity contribution >= 4 is 35.1 Å². The van der Waals surface area contributed by atoms with Gasteiger partial charge in [0, 0.05) is 5.56 Å². The number of aliphatic hydroxyl groups is 1. The predicted octanol–water partition coefficient (Wildman–Crippen LogP) is 1.56. The highest BCUT2D eigenvalue weighted by Crippen LogP contribution is 2.22. The highest BCUT2D eigenvalue weighted by molar-refractivity contribution is 6.42. The van der Waals surface area contributed by atoms with Crippen LogP contribution in [0.25, 0.3) is 0 Å². The second-order valence-electron chi connectivity index (χ2n) is 3.66. The molecule has 0 saturated carbocycles. The summed E-state index contributed by atoms with van der Waals surface area (Å²) in [5.41, 5.74) is 0.163. The molecule has 3 N–H and O–H groups in total. The van der Waals surface area contributed by atoms with E-state index in [1.165, 1.54) is 25.1 Å². The Balaban J connectivity index is 2.87. The maximum Gasteiger partial charge on any atom is 0.328 e. The van der Waals surface area contributed by atoms with Gasteiger partial charge in [0.05, 0.1) is 16.1 Å². The molecule has 0 aliphatic heterocycles. The molecule has 0 saturated heterocycles. The van der Waals surface area contributed by atoms with Crippen LogP contribution < -0.4 is 5.32 Å². The standard InChI is InChI=1S/C11H11Cl2NO4/c1-5(15)9(11(17)18)14-10(16)6-2-3-7(12)8(13)4-6/h2-5,9,15H,1H3,(H,14,16)(H,17,18)/t5-,9+/m1/s1. The summed E-state index contributed by atoms with van der Waals surface area (Å²) in [5, 5.41) is 20.7. The van der Waals surface area contributed by atoms with Gasteiger partial charge < -0.3 is 15.5 Å². The van der Waals surface area contributed by atoms with Crippen molar-refractivity contribution in [3.8, 4) is 0 Å². The average molecular weight is 292 g/mol. The minimum atomic E-state index is -1.38. The Hall–Kier alpha value is -1.30. The van der Waals surface area contributed by atoms with Crippen LogP contribution in [-0.4, -0.2) is 34.2 Å².